The second-order valence-corrected chi connectivity index (χ2v) is 6.87. The van der Waals surface area contributed by atoms with Crippen molar-refractivity contribution in [2.45, 2.75) is 13.3 Å². The van der Waals surface area contributed by atoms with E-state index in [1.54, 1.807) is 14.0 Å². The number of nitrogens with one attached hydrogen (secondary N) is 1. The maximum absolute atomic E-state index is 12.3. The third-order valence-corrected chi connectivity index (χ3v) is 4.88. The number of urea groups is 1. The lowest BCUT2D eigenvalue weighted by Crippen LogP contribution is -2.37. The van der Waals surface area contributed by atoms with Crippen LogP contribution in [0, 0.1) is 5.41 Å². The summed E-state index contributed by atoms with van der Waals surface area (Å²) in [4.78, 5) is 29.4. The van der Waals surface area contributed by atoms with Gasteiger partial charge in [-0.3, -0.25) is 10.1 Å². The largest absolute Gasteiger partial charge is 0.497 e. The monoisotopic (exact) mass is 362 g/mol. The number of carboxylic acid groups (broad SMARTS) is 1. The Labute approximate surface area is 148 Å². The van der Waals surface area contributed by atoms with Gasteiger partial charge >= 0.3 is 12.0 Å². The first-order chi connectivity index (χ1) is 11.9. The second-order valence-electron chi connectivity index (χ2n) is 6.12. The van der Waals surface area contributed by atoms with Crippen molar-refractivity contribution < 1.29 is 19.4 Å². The Bertz CT molecular complexity index is 809. The molecule has 0 spiro atoms. The van der Waals surface area contributed by atoms with E-state index in [2.05, 4.69) is 14.7 Å². The zero-order chi connectivity index (χ0) is 18.0. The van der Waals surface area contributed by atoms with E-state index >= 15 is 0 Å². The van der Waals surface area contributed by atoms with E-state index in [-0.39, 0.29) is 12.6 Å². The lowest BCUT2D eigenvalue weighted by molar-refractivity contribution is -0.146. The number of ether oxygens (including phenoxy) is 1. The highest BCUT2D eigenvalue weighted by Crippen LogP contribution is 2.31. The maximum atomic E-state index is 12.3. The van der Waals surface area contributed by atoms with Gasteiger partial charge in [0.1, 0.15) is 5.75 Å². The molecule has 8 nitrogen and oxygen atoms in total. The standard InChI is InChI=1S/C16H18N4O4S/c1-16(13(21)22)6-7-20(9-16)15(23)18-14-17-12(19-25-14)10-4-3-5-11(8-10)24-2/h3-5,8H,6-7,9H2,1-2H3,(H,21,22)(H,17,18,19,23). The van der Waals surface area contributed by atoms with E-state index in [1.165, 1.54) is 4.90 Å². The number of hydrogen-bond donors (Lipinski definition) is 2. The Kier molecular flexibility index (Phi) is 4.58. The van der Waals surface area contributed by atoms with Crippen molar-refractivity contribution in [3.63, 3.8) is 0 Å². The van der Waals surface area contributed by atoms with Crippen LogP contribution in [-0.4, -0.2) is 51.6 Å². The number of methoxy groups -OCH3 is 1. The number of hydrogen-bond acceptors (Lipinski definition) is 6. The number of likely N-dealkylation sites (tertiary alicyclic amines) is 1. The Morgan fingerprint density at radius 3 is 2.92 bits per heavy atom. The van der Waals surface area contributed by atoms with Gasteiger partial charge in [0.15, 0.2) is 5.82 Å². The number of aromatic nitrogens is 2. The number of rotatable bonds is 4. The first kappa shape index (κ1) is 17.2. The smallest absolute Gasteiger partial charge is 0.323 e. The normalized spacial score (nSPS) is 19.7. The fraction of sp³-hybridized carbons (Fsp3) is 0.375. The van der Waals surface area contributed by atoms with Crippen LogP contribution in [0.3, 0.4) is 0 Å². The van der Waals surface area contributed by atoms with Gasteiger partial charge in [-0.1, -0.05) is 12.1 Å². The average molecular weight is 362 g/mol. The minimum Gasteiger partial charge on any atom is -0.497 e. The summed E-state index contributed by atoms with van der Waals surface area (Å²) < 4.78 is 9.42. The SMILES string of the molecule is COc1cccc(-c2nsc(NC(=O)N3CCC(C)(C(=O)O)C3)n2)c1. The number of carboxylic acids is 1. The summed E-state index contributed by atoms with van der Waals surface area (Å²) in [7, 11) is 1.58. The number of aliphatic carboxylic acids is 1. The number of carbonyl (C=O) groups excluding carboxylic acids is 1. The van der Waals surface area contributed by atoms with Gasteiger partial charge in [0.05, 0.1) is 12.5 Å². The lowest BCUT2D eigenvalue weighted by Gasteiger charge is -2.19. The highest BCUT2D eigenvalue weighted by atomic mass is 32.1. The van der Waals surface area contributed by atoms with E-state index in [1.807, 2.05) is 24.3 Å². The summed E-state index contributed by atoms with van der Waals surface area (Å²) in [6.07, 6.45) is 0.431. The van der Waals surface area contributed by atoms with E-state index in [9.17, 15) is 14.7 Å². The first-order valence-corrected chi connectivity index (χ1v) is 8.46. The number of nitrogens with zero attached hydrogens (tertiary/aromatic N) is 3. The molecule has 3 rings (SSSR count). The van der Waals surface area contributed by atoms with Crippen LogP contribution in [0.1, 0.15) is 13.3 Å². The molecule has 2 N–H and O–H groups in total. The zero-order valence-corrected chi connectivity index (χ0v) is 14.7. The quantitative estimate of drug-likeness (QED) is 0.866. The minimum atomic E-state index is -0.899. The van der Waals surface area contributed by atoms with Crippen LogP contribution in [0.25, 0.3) is 11.4 Å². The molecule has 1 aromatic heterocycles. The van der Waals surface area contributed by atoms with E-state index < -0.39 is 11.4 Å². The van der Waals surface area contributed by atoms with Crippen molar-refractivity contribution >= 4 is 28.7 Å². The summed E-state index contributed by atoms with van der Waals surface area (Å²) in [6.45, 7) is 2.22. The fourth-order valence-electron chi connectivity index (χ4n) is 2.63. The molecule has 2 heterocycles. The molecule has 2 aromatic rings. The molecule has 0 saturated carbocycles. The predicted molar refractivity (Wildman–Crippen MR) is 92.8 cm³/mol. The zero-order valence-electron chi connectivity index (χ0n) is 13.9. The number of carbonyl (C=O) groups is 2. The van der Waals surface area contributed by atoms with E-state index in [0.29, 0.717) is 29.7 Å². The van der Waals surface area contributed by atoms with Crippen LogP contribution in [0.15, 0.2) is 24.3 Å². The van der Waals surface area contributed by atoms with Crippen molar-refractivity contribution in [1.29, 1.82) is 0 Å². The van der Waals surface area contributed by atoms with Gasteiger partial charge in [0.25, 0.3) is 0 Å². The van der Waals surface area contributed by atoms with Crippen LogP contribution >= 0.6 is 11.5 Å². The number of benzene rings is 1. The highest BCUT2D eigenvalue weighted by Gasteiger charge is 2.42. The number of amides is 2. The molecular formula is C16H18N4O4S. The average Bonchev–Trinajstić information content (AvgIpc) is 3.23. The van der Waals surface area contributed by atoms with Gasteiger partial charge in [0.2, 0.25) is 5.13 Å². The molecule has 25 heavy (non-hydrogen) atoms. The summed E-state index contributed by atoms with van der Waals surface area (Å²) in [6, 6.07) is 6.97. The molecule has 1 unspecified atom stereocenters. The fourth-order valence-corrected chi connectivity index (χ4v) is 3.21. The molecule has 2 amide bonds. The Morgan fingerprint density at radius 2 is 2.24 bits per heavy atom. The summed E-state index contributed by atoms with van der Waals surface area (Å²) in [5, 5.41) is 12.3. The topological polar surface area (TPSA) is 105 Å². The second kappa shape index (κ2) is 6.67. The van der Waals surface area contributed by atoms with Crippen molar-refractivity contribution in [3.05, 3.63) is 24.3 Å². The summed E-state index contributed by atoms with van der Waals surface area (Å²) in [5.41, 5.74) is -0.111. The molecule has 0 bridgehead atoms. The van der Waals surface area contributed by atoms with Gasteiger partial charge < -0.3 is 14.7 Å². The third-order valence-electron chi connectivity index (χ3n) is 4.24. The van der Waals surface area contributed by atoms with Crippen LogP contribution in [0.4, 0.5) is 9.93 Å². The molecule has 1 aliphatic rings. The molecule has 0 radical (unpaired) electrons. The van der Waals surface area contributed by atoms with Gasteiger partial charge in [-0.25, -0.2) is 4.79 Å². The van der Waals surface area contributed by atoms with Crippen LogP contribution in [-0.2, 0) is 4.79 Å². The molecule has 1 atom stereocenters. The van der Waals surface area contributed by atoms with Crippen molar-refractivity contribution in [2.75, 3.05) is 25.5 Å². The number of anilines is 1. The molecule has 9 heteroatoms. The molecule has 132 valence electrons. The van der Waals surface area contributed by atoms with Crippen LogP contribution in [0.2, 0.25) is 0 Å². The Morgan fingerprint density at radius 1 is 1.44 bits per heavy atom. The van der Waals surface area contributed by atoms with Gasteiger partial charge in [-0.05, 0) is 25.5 Å². The van der Waals surface area contributed by atoms with Crippen LogP contribution in [0.5, 0.6) is 5.75 Å². The van der Waals surface area contributed by atoms with E-state index in [0.717, 1.165) is 17.1 Å². The van der Waals surface area contributed by atoms with Gasteiger partial charge in [-0.15, -0.1) is 0 Å². The van der Waals surface area contributed by atoms with Gasteiger partial charge in [0, 0.05) is 30.2 Å². The predicted octanol–water partition coefficient (Wildman–Crippen LogP) is 2.54. The Balaban J connectivity index is 1.67. The molecule has 1 aliphatic heterocycles. The van der Waals surface area contributed by atoms with Gasteiger partial charge in [-0.2, -0.15) is 9.36 Å². The first-order valence-electron chi connectivity index (χ1n) is 7.69. The Hall–Kier alpha value is -2.68. The van der Waals surface area contributed by atoms with Crippen molar-refractivity contribution in [3.8, 4) is 17.1 Å². The lowest BCUT2D eigenvalue weighted by atomic mass is 9.90. The summed E-state index contributed by atoms with van der Waals surface area (Å²) in [5.74, 6) is 0.304. The molecule has 1 aromatic carbocycles. The molecule has 1 saturated heterocycles. The van der Waals surface area contributed by atoms with E-state index in [4.69, 9.17) is 4.74 Å². The molecular weight excluding hydrogens is 344 g/mol. The van der Waals surface area contributed by atoms with Crippen molar-refractivity contribution in [1.82, 2.24) is 14.3 Å². The molecule has 1 fully saturated rings. The maximum Gasteiger partial charge on any atom is 0.323 e. The van der Waals surface area contributed by atoms with Crippen molar-refractivity contribution in [2.24, 2.45) is 5.41 Å². The summed E-state index contributed by atoms with van der Waals surface area (Å²) >= 11 is 1.07. The molecule has 0 aliphatic carbocycles. The highest BCUT2D eigenvalue weighted by molar-refractivity contribution is 7.10. The minimum absolute atomic E-state index is 0.176. The third kappa shape index (κ3) is 3.55. The van der Waals surface area contributed by atoms with Crippen LogP contribution < -0.4 is 10.1 Å².